The highest BCUT2D eigenvalue weighted by atomic mass is 79.9. The van der Waals surface area contributed by atoms with Gasteiger partial charge in [0.15, 0.2) is 5.13 Å². The predicted molar refractivity (Wildman–Crippen MR) is 84.5 cm³/mol. The molecule has 2 N–H and O–H groups in total. The number of rotatable bonds is 4. The Kier molecular flexibility index (Phi) is 5.58. The Morgan fingerprint density at radius 2 is 2.43 bits per heavy atom. The van der Waals surface area contributed by atoms with Crippen LogP contribution in [-0.4, -0.2) is 40.1 Å². The van der Waals surface area contributed by atoms with Crippen LogP contribution in [0.5, 0.6) is 0 Å². The van der Waals surface area contributed by atoms with Crippen molar-refractivity contribution < 1.29 is 14.7 Å². The lowest BCUT2D eigenvalue weighted by atomic mass is 9.85. The molecule has 2 heterocycles. The number of hydrogen-bond acceptors (Lipinski definition) is 4. The van der Waals surface area contributed by atoms with Crippen molar-refractivity contribution in [2.75, 3.05) is 18.4 Å². The number of carboxylic acids is 1. The number of aliphatic carboxylic acids is 1. The van der Waals surface area contributed by atoms with Gasteiger partial charge in [0.2, 0.25) is 0 Å². The molecule has 0 radical (unpaired) electrons. The molecule has 0 saturated carbocycles. The Hall–Kier alpha value is -1.15. The van der Waals surface area contributed by atoms with Crippen molar-refractivity contribution in [1.82, 2.24) is 9.88 Å². The molecule has 2 atom stereocenters. The highest BCUT2D eigenvalue weighted by molar-refractivity contribution is 9.11. The van der Waals surface area contributed by atoms with E-state index in [-0.39, 0.29) is 24.3 Å². The number of nitrogens with one attached hydrogen (secondary N) is 1. The second-order valence-electron chi connectivity index (χ2n) is 5.32. The number of carbonyl (C=O) groups excluding carboxylic acids is 1. The van der Waals surface area contributed by atoms with Crippen molar-refractivity contribution in [3.63, 3.8) is 0 Å². The summed E-state index contributed by atoms with van der Waals surface area (Å²) in [4.78, 5) is 28.9. The van der Waals surface area contributed by atoms with E-state index >= 15 is 0 Å². The van der Waals surface area contributed by atoms with Gasteiger partial charge in [0.05, 0.1) is 9.98 Å². The third-order valence-corrected chi connectivity index (χ3v) is 5.13. The van der Waals surface area contributed by atoms with Crippen LogP contribution in [0, 0.1) is 11.8 Å². The zero-order valence-corrected chi connectivity index (χ0v) is 14.1. The first-order valence-electron chi connectivity index (χ1n) is 6.84. The van der Waals surface area contributed by atoms with Crippen molar-refractivity contribution in [1.29, 1.82) is 0 Å². The molecule has 116 valence electrons. The third-order valence-electron chi connectivity index (χ3n) is 3.74. The standard InChI is InChI=1S/C13H18BrN3O3S/c1-8(5-11(18)19)9-3-2-4-17(7-9)13(20)16-12-15-6-10(14)21-12/h6,8-9H,2-5,7H2,1H3,(H,18,19)(H,15,16,20). The van der Waals surface area contributed by atoms with Crippen LogP contribution in [0.2, 0.25) is 0 Å². The third kappa shape index (κ3) is 4.67. The number of nitrogens with zero attached hydrogens (tertiary/aromatic N) is 2. The second-order valence-corrected chi connectivity index (χ2v) is 7.73. The molecule has 2 amide bonds. The number of hydrogen-bond donors (Lipinski definition) is 2. The van der Waals surface area contributed by atoms with E-state index in [4.69, 9.17) is 5.11 Å². The van der Waals surface area contributed by atoms with Gasteiger partial charge in [-0.05, 0) is 40.6 Å². The normalized spacial score (nSPS) is 20.1. The number of carboxylic acid groups (broad SMARTS) is 1. The van der Waals surface area contributed by atoms with Crippen molar-refractivity contribution in [2.45, 2.75) is 26.2 Å². The Labute approximate surface area is 135 Å². The lowest BCUT2D eigenvalue weighted by molar-refractivity contribution is -0.138. The number of thiazole rings is 1. The second kappa shape index (κ2) is 7.22. The number of urea groups is 1. The number of amides is 2. The molecule has 1 aromatic heterocycles. The summed E-state index contributed by atoms with van der Waals surface area (Å²) in [5.41, 5.74) is 0. The molecule has 2 rings (SSSR count). The van der Waals surface area contributed by atoms with Gasteiger partial charge in [-0.25, -0.2) is 9.78 Å². The Morgan fingerprint density at radius 1 is 1.67 bits per heavy atom. The van der Waals surface area contributed by atoms with Crippen LogP contribution >= 0.6 is 27.3 Å². The summed E-state index contributed by atoms with van der Waals surface area (Å²) in [6, 6.07) is -0.163. The summed E-state index contributed by atoms with van der Waals surface area (Å²) in [6.45, 7) is 3.25. The molecule has 2 unspecified atom stereocenters. The maximum atomic E-state index is 12.2. The highest BCUT2D eigenvalue weighted by Crippen LogP contribution is 2.27. The van der Waals surface area contributed by atoms with E-state index in [9.17, 15) is 9.59 Å². The molecule has 8 heteroatoms. The molecule has 6 nitrogen and oxygen atoms in total. The number of halogens is 1. The quantitative estimate of drug-likeness (QED) is 0.845. The van der Waals surface area contributed by atoms with Gasteiger partial charge in [0.25, 0.3) is 0 Å². The molecule has 1 aromatic rings. The molecule has 0 aromatic carbocycles. The first-order valence-corrected chi connectivity index (χ1v) is 8.45. The summed E-state index contributed by atoms with van der Waals surface area (Å²) >= 11 is 4.67. The minimum absolute atomic E-state index is 0.0760. The smallest absolute Gasteiger partial charge is 0.323 e. The molecule has 0 bridgehead atoms. The minimum atomic E-state index is -0.781. The number of piperidine rings is 1. The van der Waals surface area contributed by atoms with Gasteiger partial charge in [-0.15, -0.1) is 0 Å². The van der Waals surface area contributed by atoms with Gasteiger partial charge in [-0.3, -0.25) is 10.1 Å². The van der Waals surface area contributed by atoms with E-state index < -0.39 is 5.97 Å². The van der Waals surface area contributed by atoms with Gasteiger partial charge in [0.1, 0.15) is 0 Å². The van der Waals surface area contributed by atoms with Crippen LogP contribution in [0.3, 0.4) is 0 Å². The molecule has 0 spiro atoms. The van der Waals surface area contributed by atoms with Crippen LogP contribution < -0.4 is 5.32 Å². The number of anilines is 1. The highest BCUT2D eigenvalue weighted by Gasteiger charge is 2.28. The van der Waals surface area contributed by atoms with E-state index in [1.807, 2.05) is 6.92 Å². The van der Waals surface area contributed by atoms with Crippen molar-refractivity contribution in [3.8, 4) is 0 Å². The Balaban J connectivity index is 1.90. The predicted octanol–water partition coefficient (Wildman–Crippen LogP) is 3.26. The SMILES string of the molecule is CC(CC(=O)O)C1CCCN(C(=O)Nc2ncc(Br)s2)C1. The zero-order chi connectivity index (χ0) is 15.4. The van der Waals surface area contributed by atoms with E-state index in [0.29, 0.717) is 18.2 Å². The van der Waals surface area contributed by atoms with Gasteiger partial charge >= 0.3 is 12.0 Å². The van der Waals surface area contributed by atoms with Crippen molar-refractivity contribution in [3.05, 3.63) is 9.98 Å². The monoisotopic (exact) mass is 375 g/mol. The number of aromatic nitrogens is 1. The molecule has 1 saturated heterocycles. The topological polar surface area (TPSA) is 82.5 Å². The number of likely N-dealkylation sites (tertiary alicyclic amines) is 1. The largest absolute Gasteiger partial charge is 0.481 e. The maximum absolute atomic E-state index is 12.2. The van der Waals surface area contributed by atoms with Crippen LogP contribution in [0.15, 0.2) is 9.98 Å². The van der Waals surface area contributed by atoms with Gasteiger partial charge in [-0.2, -0.15) is 0 Å². The first kappa shape index (κ1) is 16.2. The zero-order valence-electron chi connectivity index (χ0n) is 11.7. The molecule has 21 heavy (non-hydrogen) atoms. The maximum Gasteiger partial charge on any atom is 0.323 e. The summed E-state index contributed by atoms with van der Waals surface area (Å²) in [6.07, 6.45) is 3.68. The molecular formula is C13H18BrN3O3S. The van der Waals surface area contributed by atoms with Crippen LogP contribution in [0.4, 0.5) is 9.93 Å². The first-order chi connectivity index (χ1) is 9.95. The average molecular weight is 376 g/mol. The summed E-state index contributed by atoms with van der Waals surface area (Å²) < 4.78 is 0.865. The molecular weight excluding hydrogens is 358 g/mol. The fourth-order valence-electron chi connectivity index (χ4n) is 2.58. The molecule has 0 aliphatic carbocycles. The Morgan fingerprint density at radius 3 is 3.05 bits per heavy atom. The van der Waals surface area contributed by atoms with E-state index in [2.05, 4.69) is 26.2 Å². The molecule has 1 aliphatic rings. The van der Waals surface area contributed by atoms with Crippen molar-refractivity contribution >= 4 is 44.4 Å². The van der Waals surface area contributed by atoms with Gasteiger partial charge in [-0.1, -0.05) is 18.3 Å². The van der Waals surface area contributed by atoms with E-state index in [1.165, 1.54) is 11.3 Å². The molecule has 1 fully saturated rings. The Bertz CT molecular complexity index is 523. The van der Waals surface area contributed by atoms with Crippen molar-refractivity contribution in [2.24, 2.45) is 11.8 Å². The molecule has 1 aliphatic heterocycles. The summed E-state index contributed by atoms with van der Waals surface area (Å²) in [5, 5.41) is 12.2. The van der Waals surface area contributed by atoms with Gasteiger partial charge in [0, 0.05) is 19.5 Å². The van der Waals surface area contributed by atoms with Gasteiger partial charge < -0.3 is 10.0 Å². The minimum Gasteiger partial charge on any atom is -0.481 e. The fraction of sp³-hybridized carbons (Fsp3) is 0.615. The lowest BCUT2D eigenvalue weighted by Crippen LogP contribution is -2.44. The number of carbonyl (C=O) groups is 2. The van der Waals surface area contributed by atoms with E-state index in [1.54, 1.807) is 11.1 Å². The van der Waals surface area contributed by atoms with Crippen LogP contribution in [0.25, 0.3) is 0 Å². The van der Waals surface area contributed by atoms with E-state index in [0.717, 1.165) is 16.6 Å². The summed E-state index contributed by atoms with van der Waals surface area (Å²) in [7, 11) is 0. The fourth-order valence-corrected chi connectivity index (χ4v) is 3.68. The average Bonchev–Trinajstić information content (AvgIpc) is 2.83. The summed E-state index contributed by atoms with van der Waals surface area (Å²) in [5.74, 6) is -0.465. The van der Waals surface area contributed by atoms with Crippen LogP contribution in [0.1, 0.15) is 26.2 Å². The lowest BCUT2D eigenvalue weighted by Gasteiger charge is -2.35. The van der Waals surface area contributed by atoms with Crippen LogP contribution in [-0.2, 0) is 4.79 Å².